The molecule has 4 N–H and O–H groups in total. The molecule has 1 unspecified atom stereocenters. The fourth-order valence-corrected chi connectivity index (χ4v) is 3.99. The van der Waals surface area contributed by atoms with E-state index in [2.05, 4.69) is 42.6 Å². The first-order chi connectivity index (χ1) is 13.7. The molecule has 0 radical (unpaired) electrons. The normalized spacial score (nSPS) is 19.7. The van der Waals surface area contributed by atoms with Gasteiger partial charge in [-0.2, -0.15) is 5.10 Å². The van der Waals surface area contributed by atoms with Gasteiger partial charge in [0.05, 0.1) is 11.7 Å². The largest absolute Gasteiger partial charge is 0.370 e. The number of hydrogen-bond acceptors (Lipinski definition) is 4. The molecular weight excluding hydrogens is 366 g/mol. The van der Waals surface area contributed by atoms with Gasteiger partial charge in [0.2, 0.25) is 5.91 Å². The van der Waals surface area contributed by atoms with Crippen molar-refractivity contribution in [3.63, 3.8) is 0 Å². The molecular formula is C22H31N5O2. The SMILES string of the molecule is CCC1=CCC=C(C(CC)(NC(=O)c2cnn3c2NCCC3(C)C)C(N)=O)C=C1. The van der Waals surface area contributed by atoms with E-state index in [0.29, 0.717) is 24.2 Å². The minimum absolute atomic E-state index is 0.181. The highest BCUT2D eigenvalue weighted by Crippen LogP contribution is 2.32. The van der Waals surface area contributed by atoms with Crippen molar-refractivity contribution in [3.8, 4) is 0 Å². The number of nitrogens with one attached hydrogen (secondary N) is 2. The molecule has 29 heavy (non-hydrogen) atoms. The van der Waals surface area contributed by atoms with Crippen molar-refractivity contribution in [1.29, 1.82) is 0 Å². The van der Waals surface area contributed by atoms with Gasteiger partial charge in [0.25, 0.3) is 5.91 Å². The zero-order valence-electron chi connectivity index (χ0n) is 17.7. The van der Waals surface area contributed by atoms with E-state index in [9.17, 15) is 9.59 Å². The van der Waals surface area contributed by atoms with Crippen molar-refractivity contribution in [2.24, 2.45) is 5.73 Å². The van der Waals surface area contributed by atoms with E-state index in [1.54, 1.807) is 6.20 Å². The third-order valence-electron chi connectivity index (χ3n) is 5.99. The fourth-order valence-electron chi connectivity index (χ4n) is 3.99. The van der Waals surface area contributed by atoms with Gasteiger partial charge in [0.15, 0.2) is 0 Å². The van der Waals surface area contributed by atoms with E-state index in [0.717, 1.165) is 25.0 Å². The number of nitrogens with two attached hydrogens (primary N) is 1. The number of amides is 2. The number of primary amides is 1. The average Bonchev–Trinajstić information content (AvgIpc) is 2.98. The first kappa shape index (κ1) is 20.9. The van der Waals surface area contributed by atoms with Crippen LogP contribution in [0.2, 0.25) is 0 Å². The molecule has 0 bridgehead atoms. The second-order valence-electron chi connectivity index (χ2n) is 8.25. The van der Waals surface area contributed by atoms with Crippen molar-refractivity contribution in [3.05, 3.63) is 47.2 Å². The van der Waals surface area contributed by atoms with Gasteiger partial charge in [0, 0.05) is 6.54 Å². The molecule has 2 heterocycles. The van der Waals surface area contributed by atoms with Crippen LogP contribution in [0.25, 0.3) is 0 Å². The number of aromatic nitrogens is 2. The quantitative estimate of drug-likeness (QED) is 0.687. The van der Waals surface area contributed by atoms with E-state index < -0.39 is 11.4 Å². The second-order valence-corrected chi connectivity index (χ2v) is 8.25. The van der Waals surface area contributed by atoms with Crippen molar-refractivity contribution >= 4 is 17.6 Å². The van der Waals surface area contributed by atoms with Crippen LogP contribution in [-0.2, 0) is 10.3 Å². The van der Waals surface area contributed by atoms with Crippen molar-refractivity contribution < 1.29 is 9.59 Å². The Bertz CT molecular complexity index is 906. The minimum Gasteiger partial charge on any atom is -0.370 e. The lowest BCUT2D eigenvalue weighted by Gasteiger charge is -2.34. The Labute approximate surface area is 172 Å². The smallest absolute Gasteiger partial charge is 0.257 e. The Morgan fingerprint density at radius 2 is 2.07 bits per heavy atom. The molecule has 0 spiro atoms. The molecule has 1 aromatic rings. The second kappa shape index (κ2) is 7.89. The Hall–Kier alpha value is -2.83. The van der Waals surface area contributed by atoms with E-state index in [1.165, 1.54) is 5.57 Å². The third-order valence-corrected chi connectivity index (χ3v) is 5.99. The molecule has 0 saturated heterocycles. The van der Waals surface area contributed by atoms with Crippen molar-refractivity contribution in [2.75, 3.05) is 11.9 Å². The highest BCUT2D eigenvalue weighted by Gasteiger charge is 2.41. The molecule has 3 rings (SSSR count). The van der Waals surface area contributed by atoms with Crippen molar-refractivity contribution in [2.45, 2.75) is 64.5 Å². The van der Waals surface area contributed by atoms with Crippen LogP contribution in [0.4, 0.5) is 5.82 Å². The van der Waals surface area contributed by atoms with Gasteiger partial charge in [-0.1, -0.05) is 43.7 Å². The maximum absolute atomic E-state index is 13.2. The summed E-state index contributed by atoms with van der Waals surface area (Å²) in [5.74, 6) is -0.258. The van der Waals surface area contributed by atoms with Crippen LogP contribution in [0, 0.1) is 0 Å². The fraction of sp³-hybridized carbons (Fsp3) is 0.500. The average molecular weight is 398 g/mol. The summed E-state index contributed by atoms with van der Waals surface area (Å²) < 4.78 is 1.84. The van der Waals surface area contributed by atoms with E-state index in [-0.39, 0.29) is 11.4 Å². The number of carbonyl (C=O) groups excluding carboxylic acids is 2. The van der Waals surface area contributed by atoms with Gasteiger partial charge in [0.1, 0.15) is 16.9 Å². The van der Waals surface area contributed by atoms with E-state index in [4.69, 9.17) is 5.73 Å². The lowest BCUT2D eigenvalue weighted by atomic mass is 9.84. The summed E-state index contributed by atoms with van der Waals surface area (Å²) in [5, 5.41) is 10.6. The van der Waals surface area contributed by atoms with Crippen LogP contribution in [0.15, 0.2) is 41.6 Å². The van der Waals surface area contributed by atoms with Crippen LogP contribution in [-0.4, -0.2) is 33.7 Å². The maximum atomic E-state index is 13.2. The predicted octanol–water partition coefficient (Wildman–Crippen LogP) is 3.02. The summed E-state index contributed by atoms with van der Waals surface area (Å²) in [5.41, 5.74) is 6.70. The number of hydrogen-bond donors (Lipinski definition) is 3. The molecule has 0 aromatic carbocycles. The molecule has 156 valence electrons. The lowest BCUT2D eigenvalue weighted by molar-refractivity contribution is -0.122. The molecule has 0 saturated carbocycles. The van der Waals surface area contributed by atoms with Crippen LogP contribution in [0.3, 0.4) is 0 Å². The van der Waals surface area contributed by atoms with Crippen LogP contribution >= 0.6 is 0 Å². The Morgan fingerprint density at radius 3 is 2.72 bits per heavy atom. The zero-order chi connectivity index (χ0) is 21.2. The van der Waals surface area contributed by atoms with Gasteiger partial charge >= 0.3 is 0 Å². The highest BCUT2D eigenvalue weighted by molar-refractivity contribution is 6.03. The number of allylic oxidation sites excluding steroid dienone is 4. The molecule has 7 nitrogen and oxygen atoms in total. The predicted molar refractivity (Wildman–Crippen MR) is 115 cm³/mol. The standard InChI is InChI=1S/C22H31N5O2/c1-5-15-8-7-9-16(11-10-15)22(6-2,20(23)29)26-19(28)17-14-25-27-18(17)24-13-12-21(27,3)4/h8-11,14,24H,5-7,12-13H2,1-4H3,(H2,23,29)(H,26,28). The zero-order valence-corrected chi connectivity index (χ0v) is 17.7. The highest BCUT2D eigenvalue weighted by atomic mass is 16.2. The number of rotatable bonds is 6. The first-order valence-corrected chi connectivity index (χ1v) is 10.3. The minimum atomic E-state index is -1.27. The Kier molecular flexibility index (Phi) is 5.68. The van der Waals surface area contributed by atoms with E-state index >= 15 is 0 Å². The van der Waals surface area contributed by atoms with Gasteiger partial charge in [-0.15, -0.1) is 0 Å². The van der Waals surface area contributed by atoms with Gasteiger partial charge in [-0.3, -0.25) is 9.59 Å². The maximum Gasteiger partial charge on any atom is 0.257 e. The monoisotopic (exact) mass is 397 g/mol. The Morgan fingerprint density at radius 1 is 1.31 bits per heavy atom. The van der Waals surface area contributed by atoms with Crippen LogP contribution in [0.1, 0.15) is 63.7 Å². The summed E-state index contributed by atoms with van der Waals surface area (Å²) in [6, 6.07) is 0. The molecule has 0 fully saturated rings. The number of carbonyl (C=O) groups is 2. The summed E-state index contributed by atoms with van der Waals surface area (Å²) in [6.07, 6.45) is 12.4. The number of nitrogens with zero attached hydrogens (tertiary/aromatic N) is 2. The summed E-state index contributed by atoms with van der Waals surface area (Å²) in [6.45, 7) is 8.87. The molecule has 2 amide bonds. The molecule has 1 aromatic heterocycles. The van der Waals surface area contributed by atoms with Crippen molar-refractivity contribution in [1.82, 2.24) is 15.1 Å². The summed E-state index contributed by atoms with van der Waals surface area (Å²) >= 11 is 0. The number of anilines is 1. The summed E-state index contributed by atoms with van der Waals surface area (Å²) in [4.78, 5) is 25.8. The molecule has 7 heteroatoms. The third kappa shape index (κ3) is 3.73. The molecule has 1 aliphatic heterocycles. The summed E-state index contributed by atoms with van der Waals surface area (Å²) in [7, 11) is 0. The molecule has 1 atom stereocenters. The first-order valence-electron chi connectivity index (χ1n) is 10.3. The molecule has 2 aliphatic rings. The van der Waals surface area contributed by atoms with Crippen LogP contribution < -0.4 is 16.4 Å². The topological polar surface area (TPSA) is 102 Å². The van der Waals surface area contributed by atoms with Crippen LogP contribution in [0.5, 0.6) is 0 Å². The van der Waals surface area contributed by atoms with E-state index in [1.807, 2.05) is 29.8 Å². The Balaban J connectivity index is 1.95. The lowest BCUT2D eigenvalue weighted by Crippen LogP contribution is -2.58. The van der Waals surface area contributed by atoms with Gasteiger partial charge < -0.3 is 16.4 Å². The molecule has 1 aliphatic carbocycles. The van der Waals surface area contributed by atoms with Gasteiger partial charge in [-0.25, -0.2) is 4.68 Å². The van der Waals surface area contributed by atoms with Gasteiger partial charge in [-0.05, 0) is 45.1 Å². The number of fused-ring (bicyclic) bond motifs is 1.